The molecule has 0 unspecified atom stereocenters. The summed E-state index contributed by atoms with van der Waals surface area (Å²) < 4.78 is 5.50. The maximum Gasteiger partial charge on any atom is 0.407 e. The van der Waals surface area contributed by atoms with Crippen molar-refractivity contribution in [3.05, 3.63) is 95.1 Å². The van der Waals surface area contributed by atoms with Gasteiger partial charge in [-0.05, 0) is 40.5 Å². The Bertz CT molecular complexity index is 1140. The Morgan fingerprint density at radius 2 is 1.61 bits per heavy atom. The van der Waals surface area contributed by atoms with E-state index in [9.17, 15) is 9.59 Å². The van der Waals surface area contributed by atoms with Crippen LogP contribution in [0.25, 0.3) is 11.1 Å². The number of rotatable bonds is 5. The van der Waals surface area contributed by atoms with Gasteiger partial charge in [-0.1, -0.05) is 66.4 Å². The van der Waals surface area contributed by atoms with Crippen LogP contribution in [0.2, 0.25) is 0 Å². The average molecular weight is 410 g/mol. The first kappa shape index (κ1) is 20.2. The molecule has 31 heavy (non-hydrogen) atoms. The van der Waals surface area contributed by atoms with Crippen LogP contribution in [0, 0.1) is 11.8 Å². The first-order valence-corrected chi connectivity index (χ1v) is 10.1. The van der Waals surface area contributed by atoms with Crippen LogP contribution in [-0.4, -0.2) is 25.2 Å². The van der Waals surface area contributed by atoms with Crippen LogP contribution in [0.3, 0.4) is 0 Å². The number of primary amides is 1. The number of nitrogens with two attached hydrogens (primary N) is 1. The summed E-state index contributed by atoms with van der Waals surface area (Å²) in [5.74, 6) is 5.49. The zero-order valence-corrected chi connectivity index (χ0v) is 16.9. The molecule has 0 spiro atoms. The zero-order valence-electron chi connectivity index (χ0n) is 16.9. The van der Waals surface area contributed by atoms with Crippen molar-refractivity contribution in [2.45, 2.75) is 12.3 Å². The van der Waals surface area contributed by atoms with Gasteiger partial charge in [0.15, 0.2) is 0 Å². The van der Waals surface area contributed by atoms with E-state index >= 15 is 0 Å². The van der Waals surface area contributed by atoms with Gasteiger partial charge in [0.1, 0.15) is 6.61 Å². The van der Waals surface area contributed by atoms with Crippen LogP contribution < -0.4 is 11.1 Å². The number of benzene rings is 3. The Hall–Kier alpha value is -4.04. The largest absolute Gasteiger partial charge is 0.449 e. The second kappa shape index (κ2) is 9.19. The van der Waals surface area contributed by atoms with E-state index in [-0.39, 0.29) is 12.5 Å². The van der Waals surface area contributed by atoms with Gasteiger partial charge in [-0.2, -0.15) is 0 Å². The summed E-state index contributed by atoms with van der Waals surface area (Å²) in [6.45, 7) is 0.657. The molecule has 1 aliphatic carbocycles. The molecule has 3 N–H and O–H groups in total. The first-order valence-electron chi connectivity index (χ1n) is 10.1. The molecule has 0 atom stereocenters. The molecule has 1 aliphatic rings. The van der Waals surface area contributed by atoms with Crippen LogP contribution in [0.4, 0.5) is 4.79 Å². The Morgan fingerprint density at radius 3 is 2.29 bits per heavy atom. The van der Waals surface area contributed by atoms with E-state index in [1.807, 2.05) is 24.3 Å². The summed E-state index contributed by atoms with van der Waals surface area (Å²) in [4.78, 5) is 23.4. The minimum atomic E-state index is -0.486. The highest BCUT2D eigenvalue weighted by Crippen LogP contribution is 2.44. The standard InChI is InChI=1S/C26H22N2O3/c27-25(29)19-10-7-9-18(16-19)8-5-6-15-28-26(30)31-17-24-22-13-3-1-11-20(22)21-12-2-4-14-23(21)24/h1-4,7,9-14,16,24H,6,15,17H2,(H2,27,29)(H,28,30). The Morgan fingerprint density at radius 1 is 0.935 bits per heavy atom. The number of nitrogens with one attached hydrogen (secondary N) is 1. The van der Waals surface area contributed by atoms with Gasteiger partial charge < -0.3 is 15.8 Å². The molecule has 154 valence electrons. The first-order chi connectivity index (χ1) is 15.1. The van der Waals surface area contributed by atoms with E-state index in [4.69, 9.17) is 10.5 Å². The van der Waals surface area contributed by atoms with Gasteiger partial charge in [-0.25, -0.2) is 4.79 Å². The fourth-order valence-corrected chi connectivity index (χ4v) is 3.79. The molecule has 0 radical (unpaired) electrons. The summed E-state index contributed by atoms with van der Waals surface area (Å²) in [5, 5.41) is 2.73. The van der Waals surface area contributed by atoms with Crippen molar-refractivity contribution < 1.29 is 14.3 Å². The van der Waals surface area contributed by atoms with Gasteiger partial charge in [-0.3, -0.25) is 4.79 Å². The number of fused-ring (bicyclic) bond motifs is 3. The van der Waals surface area contributed by atoms with Crippen LogP contribution in [0.1, 0.15) is 39.4 Å². The van der Waals surface area contributed by atoms with Crippen molar-refractivity contribution in [2.75, 3.05) is 13.2 Å². The molecule has 0 saturated carbocycles. The van der Waals surface area contributed by atoms with E-state index in [0.29, 0.717) is 24.1 Å². The highest BCUT2D eigenvalue weighted by atomic mass is 16.5. The van der Waals surface area contributed by atoms with Gasteiger partial charge >= 0.3 is 6.09 Å². The van der Waals surface area contributed by atoms with E-state index in [2.05, 4.69) is 41.4 Å². The van der Waals surface area contributed by atoms with Crippen molar-refractivity contribution >= 4 is 12.0 Å². The van der Waals surface area contributed by atoms with Crippen LogP contribution in [-0.2, 0) is 4.74 Å². The van der Waals surface area contributed by atoms with Crippen molar-refractivity contribution in [1.82, 2.24) is 5.32 Å². The fourth-order valence-electron chi connectivity index (χ4n) is 3.79. The SMILES string of the molecule is NC(=O)c1cccc(C#CCCNC(=O)OCC2c3ccccc3-c3ccccc32)c1. The fraction of sp³-hybridized carbons (Fsp3) is 0.154. The molecular formula is C26H22N2O3. The van der Waals surface area contributed by atoms with Crippen molar-refractivity contribution in [1.29, 1.82) is 0 Å². The monoisotopic (exact) mass is 410 g/mol. The number of alkyl carbamates (subject to hydrolysis) is 1. The summed E-state index contributed by atoms with van der Waals surface area (Å²) in [6.07, 6.45) is 0.00439. The quantitative estimate of drug-likeness (QED) is 0.492. The number of amides is 2. The van der Waals surface area contributed by atoms with Gasteiger partial charge in [0, 0.05) is 30.0 Å². The predicted molar refractivity (Wildman–Crippen MR) is 120 cm³/mol. The summed E-state index contributed by atoms with van der Waals surface area (Å²) in [7, 11) is 0. The minimum absolute atomic E-state index is 0.0375. The average Bonchev–Trinajstić information content (AvgIpc) is 3.11. The Labute approximate surface area is 181 Å². The van der Waals surface area contributed by atoms with Crippen molar-refractivity contribution in [2.24, 2.45) is 5.73 Å². The highest BCUT2D eigenvalue weighted by Gasteiger charge is 2.28. The predicted octanol–water partition coefficient (Wildman–Crippen LogP) is 4.07. The van der Waals surface area contributed by atoms with Crippen LogP contribution >= 0.6 is 0 Å². The van der Waals surface area contributed by atoms with Crippen molar-refractivity contribution in [3.8, 4) is 23.0 Å². The zero-order chi connectivity index (χ0) is 21.6. The van der Waals surface area contributed by atoms with E-state index < -0.39 is 12.0 Å². The molecule has 3 aromatic carbocycles. The molecule has 0 aromatic heterocycles. The molecule has 0 fully saturated rings. The summed E-state index contributed by atoms with van der Waals surface area (Å²) in [5.41, 5.74) is 11.2. The minimum Gasteiger partial charge on any atom is -0.449 e. The van der Waals surface area contributed by atoms with Gasteiger partial charge in [0.05, 0.1) is 0 Å². The summed E-state index contributed by atoms with van der Waals surface area (Å²) in [6, 6.07) is 23.3. The third-order valence-electron chi connectivity index (χ3n) is 5.24. The van der Waals surface area contributed by atoms with Gasteiger partial charge in [0.25, 0.3) is 0 Å². The molecular weight excluding hydrogens is 388 g/mol. The third kappa shape index (κ3) is 4.59. The molecule has 2 amide bonds. The third-order valence-corrected chi connectivity index (χ3v) is 5.24. The highest BCUT2D eigenvalue weighted by molar-refractivity contribution is 5.93. The molecule has 5 nitrogen and oxygen atoms in total. The topological polar surface area (TPSA) is 81.4 Å². The normalized spacial score (nSPS) is 11.6. The molecule has 0 heterocycles. The van der Waals surface area contributed by atoms with Crippen molar-refractivity contribution in [3.63, 3.8) is 0 Å². The molecule has 4 rings (SSSR count). The number of carbonyl (C=O) groups is 2. The lowest BCUT2D eigenvalue weighted by molar-refractivity contribution is 0.1000. The number of carbonyl (C=O) groups excluding carboxylic acids is 2. The Kier molecular flexibility index (Phi) is 6.00. The molecule has 0 bridgehead atoms. The maximum absolute atomic E-state index is 12.1. The van der Waals surface area contributed by atoms with Crippen LogP contribution in [0.15, 0.2) is 72.8 Å². The molecule has 0 saturated heterocycles. The maximum atomic E-state index is 12.1. The molecule has 5 heteroatoms. The number of hydrogen-bond acceptors (Lipinski definition) is 3. The Balaban J connectivity index is 1.28. The lowest BCUT2D eigenvalue weighted by atomic mass is 9.98. The lowest BCUT2D eigenvalue weighted by Crippen LogP contribution is -2.26. The molecule has 0 aliphatic heterocycles. The van der Waals surface area contributed by atoms with Gasteiger partial charge in [0.2, 0.25) is 5.91 Å². The molecule has 3 aromatic rings. The summed E-state index contributed by atoms with van der Waals surface area (Å²) >= 11 is 0. The van der Waals surface area contributed by atoms with Crippen LogP contribution in [0.5, 0.6) is 0 Å². The number of ether oxygens (including phenoxy) is 1. The van der Waals surface area contributed by atoms with E-state index in [1.165, 1.54) is 22.3 Å². The lowest BCUT2D eigenvalue weighted by Gasteiger charge is -2.14. The van der Waals surface area contributed by atoms with E-state index in [1.54, 1.807) is 24.3 Å². The number of hydrogen-bond donors (Lipinski definition) is 2. The smallest absolute Gasteiger partial charge is 0.407 e. The second-order valence-electron chi connectivity index (χ2n) is 7.25. The second-order valence-corrected chi connectivity index (χ2v) is 7.25. The van der Waals surface area contributed by atoms with Gasteiger partial charge in [-0.15, -0.1) is 0 Å². The van der Waals surface area contributed by atoms with E-state index in [0.717, 1.165) is 0 Å².